The van der Waals surface area contributed by atoms with Gasteiger partial charge in [0.15, 0.2) is 0 Å². The van der Waals surface area contributed by atoms with Crippen LogP contribution >= 0.6 is 0 Å². The fourth-order valence-corrected chi connectivity index (χ4v) is 10.1. The van der Waals surface area contributed by atoms with Gasteiger partial charge in [-0.3, -0.25) is 34.0 Å². The number of nitrogens with zero attached hydrogens (tertiary/aromatic N) is 6. The van der Waals surface area contributed by atoms with Crippen LogP contribution in [0, 0.1) is 29.1 Å². The maximum absolute atomic E-state index is 14.8. The molecule has 380 valence electrons. The number of carbonyl (C=O) groups excluding carboxylic acids is 5. The van der Waals surface area contributed by atoms with Crippen LogP contribution in [0.15, 0.2) is 60.8 Å². The molecular weight excluding hydrogens is 911 g/mol. The number of likely N-dealkylation sites (N-methyl/N-ethyl adjacent to an activating group) is 1. The number of rotatable bonds is 10. The number of cyclic esters (lactones) is 1. The lowest BCUT2D eigenvalue weighted by Crippen LogP contribution is -2.62. The zero-order valence-corrected chi connectivity index (χ0v) is 42.6. The fraction of sp³-hybridized carbons (Fsp3) is 0.519. The molecule has 2 aromatic carbocycles. The van der Waals surface area contributed by atoms with Crippen molar-refractivity contribution in [3.8, 4) is 34.2 Å². The Balaban J connectivity index is 1.23. The highest BCUT2D eigenvalue weighted by molar-refractivity contribution is 5.97. The number of esters is 1. The molecule has 2 N–H and O–H groups in total. The third kappa shape index (κ3) is 11.5. The van der Waals surface area contributed by atoms with Crippen molar-refractivity contribution in [2.75, 3.05) is 54.5 Å². The Labute approximate surface area is 415 Å². The van der Waals surface area contributed by atoms with Gasteiger partial charge in [-0.1, -0.05) is 58.0 Å². The molecule has 5 heterocycles. The molecule has 71 heavy (non-hydrogen) atoms. The van der Waals surface area contributed by atoms with Crippen LogP contribution < -0.4 is 10.7 Å². The zero-order valence-electron chi connectivity index (χ0n) is 42.6. The summed E-state index contributed by atoms with van der Waals surface area (Å²) in [4.78, 5) is 78.2. The quantitative estimate of drug-likeness (QED) is 0.106. The van der Waals surface area contributed by atoms with Crippen molar-refractivity contribution < 1.29 is 42.2 Å². The molecule has 4 aromatic rings. The molecule has 15 nitrogen and oxygen atoms in total. The maximum Gasteiger partial charge on any atom is 0.369 e. The zero-order chi connectivity index (χ0) is 51.5. The highest BCUT2D eigenvalue weighted by atomic mass is 19.3. The number of aryl methyl sites for hydroxylation is 1. The number of amides is 4. The monoisotopic (exact) mass is 979 g/mol. The van der Waals surface area contributed by atoms with Crippen LogP contribution in [0.4, 0.5) is 8.78 Å². The number of alkyl halides is 2. The summed E-state index contributed by atoms with van der Waals surface area (Å²) in [5.74, 6) is -0.110. The highest BCUT2D eigenvalue weighted by Gasteiger charge is 2.41. The Kier molecular flexibility index (Phi) is 16.0. The van der Waals surface area contributed by atoms with Gasteiger partial charge >= 0.3 is 12.0 Å². The van der Waals surface area contributed by atoms with Crippen LogP contribution in [0.25, 0.3) is 33.3 Å². The molecule has 1 unspecified atom stereocenters. The van der Waals surface area contributed by atoms with Gasteiger partial charge in [0.25, 0.3) is 11.8 Å². The minimum absolute atomic E-state index is 0.0468. The molecule has 0 spiro atoms. The largest absolute Gasteiger partial charge is 0.464 e. The van der Waals surface area contributed by atoms with Gasteiger partial charge in [0.1, 0.15) is 18.1 Å². The molecule has 0 radical (unpaired) electrons. The van der Waals surface area contributed by atoms with Gasteiger partial charge in [-0.2, -0.15) is 8.78 Å². The smallest absolute Gasteiger partial charge is 0.369 e. The predicted molar refractivity (Wildman–Crippen MR) is 266 cm³/mol. The number of methoxy groups -OCH3 is 1. The van der Waals surface area contributed by atoms with E-state index in [1.807, 2.05) is 43.2 Å². The second kappa shape index (κ2) is 21.6. The predicted octanol–water partition coefficient (Wildman–Crippen LogP) is 6.24. The van der Waals surface area contributed by atoms with Crippen LogP contribution in [0.5, 0.6) is 0 Å². The van der Waals surface area contributed by atoms with Crippen LogP contribution in [0.1, 0.15) is 83.7 Å². The summed E-state index contributed by atoms with van der Waals surface area (Å²) in [5.41, 5.74) is 10.2. The Morgan fingerprint density at radius 3 is 2.48 bits per heavy atom. The number of benzene rings is 2. The number of pyridine rings is 1. The van der Waals surface area contributed by atoms with Crippen molar-refractivity contribution in [2.45, 2.75) is 110 Å². The molecule has 2 fully saturated rings. The molecule has 7 rings (SSSR count). The number of carbonyl (C=O) groups is 5. The summed E-state index contributed by atoms with van der Waals surface area (Å²) in [5, 5.41) is 5.45. The van der Waals surface area contributed by atoms with E-state index in [4.69, 9.17) is 14.5 Å². The van der Waals surface area contributed by atoms with Crippen molar-refractivity contribution in [3.63, 3.8) is 0 Å². The molecule has 4 amide bonds. The van der Waals surface area contributed by atoms with E-state index >= 15 is 0 Å². The molecule has 0 saturated carbocycles. The second-order valence-corrected chi connectivity index (χ2v) is 20.4. The third-order valence-corrected chi connectivity index (χ3v) is 14.0. The SMILES string of the molecule is CCn1c(-c2cccnc2[C@H](C)OC)c2c3cc(ccc31)-c1cccc(c1)C[C@H](NC(=O)C(C(C)C)N(C)C(=O)[C@H]1CCN(C(=O)C#CC(F)(F)N(C)C)C1)C(=O)N1CCC[C@H](N1)C(=O)OCC(C)(C)C2. The Hall–Kier alpha value is -6.22. The van der Waals surface area contributed by atoms with Crippen molar-refractivity contribution in [2.24, 2.45) is 17.3 Å². The average Bonchev–Trinajstić information content (AvgIpc) is 3.96. The Morgan fingerprint density at radius 2 is 1.77 bits per heavy atom. The van der Waals surface area contributed by atoms with Gasteiger partial charge in [-0.15, -0.1) is 0 Å². The molecule has 3 aliphatic heterocycles. The van der Waals surface area contributed by atoms with Gasteiger partial charge in [0, 0.05) is 80.8 Å². The Morgan fingerprint density at radius 1 is 1.03 bits per heavy atom. The average molecular weight is 979 g/mol. The van der Waals surface area contributed by atoms with E-state index in [0.717, 1.165) is 64.2 Å². The summed E-state index contributed by atoms with van der Waals surface area (Å²) in [6.07, 6.45) is 3.34. The van der Waals surface area contributed by atoms with E-state index < -0.39 is 71.0 Å². The first-order valence-corrected chi connectivity index (χ1v) is 24.6. The van der Waals surface area contributed by atoms with Gasteiger partial charge in [0.2, 0.25) is 11.8 Å². The molecule has 0 aliphatic carbocycles. The van der Waals surface area contributed by atoms with Crippen molar-refractivity contribution >= 4 is 40.5 Å². The molecule has 2 aromatic heterocycles. The highest BCUT2D eigenvalue weighted by Crippen LogP contribution is 2.42. The number of halogens is 2. The minimum atomic E-state index is -3.51. The van der Waals surface area contributed by atoms with Crippen LogP contribution in [0.2, 0.25) is 0 Å². The molecule has 6 bridgehead atoms. The van der Waals surface area contributed by atoms with Gasteiger partial charge in [-0.25, -0.2) is 10.3 Å². The number of hydrogen-bond donors (Lipinski definition) is 2. The summed E-state index contributed by atoms with van der Waals surface area (Å²) >= 11 is 0. The van der Waals surface area contributed by atoms with E-state index in [-0.39, 0.29) is 45.2 Å². The van der Waals surface area contributed by atoms with Crippen molar-refractivity contribution in [1.82, 2.24) is 40.0 Å². The number of hydrogen-bond acceptors (Lipinski definition) is 10. The maximum atomic E-state index is 14.8. The summed E-state index contributed by atoms with van der Waals surface area (Å²) in [7, 11) is 5.49. The first-order chi connectivity index (χ1) is 33.6. The minimum Gasteiger partial charge on any atom is -0.464 e. The summed E-state index contributed by atoms with van der Waals surface area (Å²) in [6.45, 7) is 13.0. The van der Waals surface area contributed by atoms with E-state index in [0.29, 0.717) is 30.7 Å². The van der Waals surface area contributed by atoms with Gasteiger partial charge in [-0.05, 0) is 112 Å². The van der Waals surface area contributed by atoms with E-state index in [1.54, 1.807) is 33.1 Å². The van der Waals surface area contributed by atoms with E-state index in [2.05, 4.69) is 60.3 Å². The number of ether oxygens (including phenoxy) is 2. The normalized spacial score (nSPS) is 20.5. The fourth-order valence-electron chi connectivity index (χ4n) is 10.1. The Bertz CT molecular complexity index is 2730. The molecular formula is C54H68F2N8O7. The number of fused-ring (bicyclic) bond motifs is 6. The first kappa shape index (κ1) is 52.6. The molecule has 2 saturated heterocycles. The second-order valence-electron chi connectivity index (χ2n) is 20.4. The summed E-state index contributed by atoms with van der Waals surface area (Å²) < 4.78 is 42.4. The van der Waals surface area contributed by atoms with Crippen LogP contribution in [-0.2, 0) is 52.8 Å². The number of hydrazine groups is 1. The third-order valence-electron chi connectivity index (χ3n) is 14.0. The lowest BCUT2D eigenvalue weighted by atomic mass is 9.84. The van der Waals surface area contributed by atoms with Crippen LogP contribution in [-0.4, -0.2) is 138 Å². The standard InChI is InChI=1S/C54H68F2N8O7/c1-11-63-44-20-19-37-29-40(44)41(48(63)39-17-13-24-57-46(39)34(4)70-10)30-53(5,6)32-71-52(69)42-18-14-25-64(59-42)51(68)43(28-35-15-12-16-36(37)27-35)58-49(66)47(33(2)3)61(9)50(67)38-22-26-62(31-38)45(65)21-23-54(55,56)60(7)8/h12-13,15-17,19-20,24,27,29,33-34,38,42-43,47,59H,11,14,18,22,25-26,28,30-32H2,1-10H3,(H,58,66)/t34-,38-,42-,43-,47?/m0/s1. The van der Waals surface area contributed by atoms with Crippen molar-refractivity contribution in [1.29, 1.82) is 0 Å². The molecule has 17 heteroatoms. The number of aromatic nitrogens is 2. The first-order valence-electron chi connectivity index (χ1n) is 24.6. The van der Waals surface area contributed by atoms with Gasteiger partial charge in [0.05, 0.1) is 30.0 Å². The van der Waals surface area contributed by atoms with E-state index in [9.17, 15) is 32.8 Å². The summed E-state index contributed by atoms with van der Waals surface area (Å²) in [6, 6.07) is 11.8. The lowest BCUT2D eigenvalue weighted by molar-refractivity contribution is -0.155. The molecule has 5 atom stereocenters. The number of likely N-dealkylation sites (tertiary alicyclic amines) is 1. The molecule has 3 aliphatic rings. The lowest BCUT2D eigenvalue weighted by Gasteiger charge is -2.37. The van der Waals surface area contributed by atoms with Gasteiger partial charge < -0.3 is 29.2 Å². The van der Waals surface area contributed by atoms with E-state index in [1.165, 1.54) is 21.9 Å². The topological polar surface area (TPSA) is 159 Å². The van der Waals surface area contributed by atoms with Crippen LogP contribution in [0.3, 0.4) is 0 Å². The van der Waals surface area contributed by atoms with Crippen molar-refractivity contribution in [3.05, 3.63) is 77.6 Å². The number of nitrogens with one attached hydrogen (secondary N) is 2.